The van der Waals surface area contributed by atoms with Crippen molar-refractivity contribution in [1.29, 1.82) is 0 Å². The largest absolute Gasteiger partial charge is 0.381 e. The normalized spacial score (nSPS) is 14.3. The zero-order valence-corrected chi connectivity index (χ0v) is 12.3. The van der Waals surface area contributed by atoms with E-state index in [-0.39, 0.29) is 10.0 Å². The molecule has 1 aliphatic carbocycles. The Labute approximate surface area is 127 Å². The zero-order chi connectivity index (χ0) is 14.1. The fourth-order valence-electron chi connectivity index (χ4n) is 2.19. The minimum atomic E-state index is -0.576. The number of rotatable bonds is 4. The molecule has 0 aliphatic heterocycles. The van der Waals surface area contributed by atoms with Crippen LogP contribution in [0.15, 0.2) is 36.4 Å². The molecule has 4 heteroatoms. The molecule has 1 N–H and O–H groups in total. The van der Waals surface area contributed by atoms with Crippen LogP contribution in [0.25, 0.3) is 0 Å². The number of hydrogen-bond donors (Lipinski definition) is 1. The van der Waals surface area contributed by atoms with Crippen LogP contribution < -0.4 is 5.32 Å². The van der Waals surface area contributed by atoms with Crippen LogP contribution in [0, 0.1) is 5.82 Å². The molecular weight excluding hydrogens is 296 g/mol. The summed E-state index contributed by atoms with van der Waals surface area (Å²) in [5, 5.41) is 3.26. The van der Waals surface area contributed by atoms with Crippen LogP contribution in [0.1, 0.15) is 29.9 Å². The third kappa shape index (κ3) is 3.08. The Morgan fingerprint density at radius 3 is 2.20 bits per heavy atom. The van der Waals surface area contributed by atoms with E-state index < -0.39 is 5.82 Å². The molecule has 2 aromatic rings. The summed E-state index contributed by atoms with van der Waals surface area (Å²) >= 11 is 11.5. The molecule has 0 spiro atoms. The molecule has 3 rings (SSSR count). The van der Waals surface area contributed by atoms with Crippen molar-refractivity contribution >= 4 is 28.9 Å². The molecule has 0 aromatic heterocycles. The first-order valence-electron chi connectivity index (χ1n) is 6.61. The zero-order valence-electron chi connectivity index (χ0n) is 10.8. The Bertz CT molecular complexity index is 598. The Balaban J connectivity index is 1.66. The smallest absolute Gasteiger partial charge is 0.160 e. The van der Waals surface area contributed by atoms with Gasteiger partial charge >= 0.3 is 0 Å². The van der Waals surface area contributed by atoms with Crippen molar-refractivity contribution < 1.29 is 4.39 Å². The maximum atomic E-state index is 13.3. The summed E-state index contributed by atoms with van der Waals surface area (Å²) in [6.45, 7) is 0.656. The van der Waals surface area contributed by atoms with Crippen LogP contribution in [-0.4, -0.2) is 0 Å². The SMILES string of the molecule is Fc1c(Cl)cc(NCc2ccc(C3CC3)cc2)cc1Cl. The van der Waals surface area contributed by atoms with Gasteiger partial charge in [0.2, 0.25) is 0 Å². The predicted molar refractivity (Wildman–Crippen MR) is 82.2 cm³/mol. The molecule has 0 unspecified atom stereocenters. The van der Waals surface area contributed by atoms with E-state index in [1.54, 1.807) is 12.1 Å². The lowest BCUT2D eigenvalue weighted by molar-refractivity contribution is 0.629. The minimum absolute atomic E-state index is 0.0316. The first-order valence-corrected chi connectivity index (χ1v) is 7.36. The highest BCUT2D eigenvalue weighted by Gasteiger charge is 2.22. The van der Waals surface area contributed by atoms with E-state index in [1.807, 2.05) is 0 Å². The van der Waals surface area contributed by atoms with Gasteiger partial charge in [-0.05, 0) is 42.0 Å². The molecule has 0 radical (unpaired) electrons. The summed E-state index contributed by atoms with van der Waals surface area (Å²) in [4.78, 5) is 0. The van der Waals surface area contributed by atoms with Crippen LogP contribution in [0.4, 0.5) is 10.1 Å². The molecule has 0 saturated heterocycles. The van der Waals surface area contributed by atoms with E-state index >= 15 is 0 Å². The Morgan fingerprint density at radius 1 is 1.05 bits per heavy atom. The standard InChI is InChI=1S/C16H14Cl2FN/c17-14-7-13(8-15(18)16(14)19)20-9-10-1-3-11(4-2-10)12-5-6-12/h1-4,7-8,12,20H,5-6,9H2. The van der Waals surface area contributed by atoms with Gasteiger partial charge < -0.3 is 5.32 Å². The summed E-state index contributed by atoms with van der Waals surface area (Å²) in [6.07, 6.45) is 2.62. The van der Waals surface area contributed by atoms with Gasteiger partial charge in [0.05, 0.1) is 10.0 Å². The third-order valence-electron chi connectivity index (χ3n) is 3.51. The molecule has 0 amide bonds. The van der Waals surface area contributed by atoms with Crippen LogP contribution >= 0.6 is 23.2 Å². The number of hydrogen-bond acceptors (Lipinski definition) is 1. The molecular formula is C16H14Cl2FN. The van der Waals surface area contributed by atoms with Crippen LogP contribution in [0.2, 0.25) is 10.0 Å². The van der Waals surface area contributed by atoms with Gasteiger partial charge in [-0.25, -0.2) is 4.39 Å². The Kier molecular flexibility index (Phi) is 3.86. The fourth-order valence-corrected chi connectivity index (χ4v) is 2.67. The van der Waals surface area contributed by atoms with Crippen LogP contribution in [0.3, 0.4) is 0 Å². The molecule has 104 valence electrons. The summed E-state index contributed by atoms with van der Waals surface area (Å²) in [7, 11) is 0. The average Bonchev–Trinajstić information content (AvgIpc) is 3.27. The second-order valence-electron chi connectivity index (χ2n) is 5.12. The molecule has 1 fully saturated rings. The predicted octanol–water partition coefficient (Wildman–Crippen LogP) is 5.62. The lowest BCUT2D eigenvalue weighted by atomic mass is 10.1. The summed E-state index contributed by atoms with van der Waals surface area (Å²) in [5.41, 5.74) is 3.31. The first-order chi connectivity index (χ1) is 9.63. The quantitative estimate of drug-likeness (QED) is 0.722. The van der Waals surface area contributed by atoms with Gasteiger partial charge in [-0.3, -0.25) is 0 Å². The van der Waals surface area contributed by atoms with Gasteiger partial charge in [0.15, 0.2) is 5.82 Å². The summed E-state index contributed by atoms with van der Waals surface area (Å²) in [5.74, 6) is 0.194. The summed E-state index contributed by atoms with van der Waals surface area (Å²) in [6, 6.07) is 11.7. The maximum absolute atomic E-state index is 13.3. The summed E-state index contributed by atoms with van der Waals surface area (Å²) < 4.78 is 13.3. The number of nitrogens with one attached hydrogen (secondary N) is 1. The van der Waals surface area contributed by atoms with E-state index in [0.717, 1.165) is 5.92 Å². The number of anilines is 1. The molecule has 1 saturated carbocycles. The molecule has 0 heterocycles. The van der Waals surface area contributed by atoms with Gasteiger partial charge in [0.1, 0.15) is 0 Å². The second kappa shape index (κ2) is 5.63. The van der Waals surface area contributed by atoms with E-state index in [4.69, 9.17) is 23.2 Å². The number of halogens is 3. The van der Waals surface area contributed by atoms with Crippen molar-refractivity contribution in [3.8, 4) is 0 Å². The molecule has 0 bridgehead atoms. The van der Waals surface area contributed by atoms with Crippen molar-refractivity contribution in [3.63, 3.8) is 0 Å². The van der Waals surface area contributed by atoms with E-state index in [0.29, 0.717) is 12.2 Å². The van der Waals surface area contributed by atoms with Gasteiger partial charge in [0.25, 0.3) is 0 Å². The highest BCUT2D eigenvalue weighted by Crippen LogP contribution is 2.39. The van der Waals surface area contributed by atoms with E-state index in [2.05, 4.69) is 29.6 Å². The monoisotopic (exact) mass is 309 g/mol. The van der Waals surface area contributed by atoms with Gasteiger partial charge in [-0.1, -0.05) is 47.5 Å². The van der Waals surface area contributed by atoms with Gasteiger partial charge in [0, 0.05) is 12.2 Å². The van der Waals surface area contributed by atoms with Crippen molar-refractivity contribution in [2.75, 3.05) is 5.32 Å². The second-order valence-corrected chi connectivity index (χ2v) is 5.94. The lowest BCUT2D eigenvalue weighted by Gasteiger charge is -2.09. The van der Waals surface area contributed by atoms with Crippen LogP contribution in [0.5, 0.6) is 0 Å². The maximum Gasteiger partial charge on any atom is 0.160 e. The molecule has 0 atom stereocenters. The van der Waals surface area contributed by atoms with Crippen LogP contribution in [-0.2, 0) is 6.54 Å². The number of benzene rings is 2. The third-order valence-corrected chi connectivity index (χ3v) is 4.06. The van der Waals surface area contributed by atoms with Gasteiger partial charge in [-0.2, -0.15) is 0 Å². The average molecular weight is 310 g/mol. The van der Waals surface area contributed by atoms with Crippen molar-refractivity contribution in [2.45, 2.75) is 25.3 Å². The first kappa shape index (κ1) is 13.7. The lowest BCUT2D eigenvalue weighted by Crippen LogP contribution is -2.00. The van der Waals surface area contributed by atoms with E-state index in [9.17, 15) is 4.39 Å². The van der Waals surface area contributed by atoms with Crippen molar-refractivity contribution in [2.24, 2.45) is 0 Å². The topological polar surface area (TPSA) is 12.0 Å². The van der Waals surface area contributed by atoms with Gasteiger partial charge in [-0.15, -0.1) is 0 Å². The molecule has 2 aromatic carbocycles. The van der Waals surface area contributed by atoms with E-state index in [1.165, 1.54) is 24.0 Å². The Hall–Kier alpha value is -1.25. The van der Waals surface area contributed by atoms with Crippen molar-refractivity contribution in [3.05, 3.63) is 63.4 Å². The highest BCUT2D eigenvalue weighted by molar-refractivity contribution is 6.35. The fraction of sp³-hybridized carbons (Fsp3) is 0.250. The molecule has 20 heavy (non-hydrogen) atoms. The minimum Gasteiger partial charge on any atom is -0.381 e. The van der Waals surface area contributed by atoms with Crippen molar-refractivity contribution in [1.82, 2.24) is 0 Å². The Morgan fingerprint density at radius 2 is 1.65 bits per heavy atom. The molecule has 1 nitrogen and oxygen atoms in total. The highest BCUT2D eigenvalue weighted by atomic mass is 35.5. The molecule has 1 aliphatic rings.